The Morgan fingerprint density at radius 2 is 1.27 bits per heavy atom. The SMILES string of the molecule is Cc1cc(C)c(CN2C=CN(CC(=O)c3ccccc3)[CH-]2)c(C)c1.O=S(=O)(O)C(F)(F)F.[Au+3].[c-]1ccccc1-c1cccc(-c2[c-]cccc2)n1. The van der Waals surface area contributed by atoms with Gasteiger partial charge in [-0.2, -0.15) is 28.3 Å². The number of aryl methyl sites for hydroxylation is 3. The van der Waals surface area contributed by atoms with Crippen LogP contribution in [0.5, 0.6) is 0 Å². The number of halogens is 3. The number of Topliss-reactive ketones (excluding diaryl/α,β-unsaturated/α-hetero) is 1. The smallest absolute Gasteiger partial charge is 0.505 e. The fourth-order valence-corrected chi connectivity index (χ4v) is 4.99. The summed E-state index contributed by atoms with van der Waals surface area (Å²) in [4.78, 5) is 21.0. The van der Waals surface area contributed by atoms with E-state index in [1.165, 1.54) is 22.3 Å². The maximum atomic E-state index is 12.3. The van der Waals surface area contributed by atoms with Gasteiger partial charge in [-0.1, -0.05) is 66.2 Å². The van der Waals surface area contributed by atoms with E-state index in [1.54, 1.807) is 0 Å². The van der Waals surface area contributed by atoms with E-state index in [-0.39, 0.29) is 28.2 Å². The van der Waals surface area contributed by atoms with E-state index in [4.69, 9.17) is 13.0 Å². The van der Waals surface area contributed by atoms with Gasteiger partial charge in [0.25, 0.3) is 0 Å². The van der Waals surface area contributed by atoms with Crippen LogP contribution in [-0.4, -0.2) is 45.6 Å². The molecule has 0 atom stereocenters. The molecule has 7 nitrogen and oxygen atoms in total. The van der Waals surface area contributed by atoms with Crippen molar-refractivity contribution in [2.75, 3.05) is 6.54 Å². The third kappa shape index (κ3) is 12.3. The molecule has 51 heavy (non-hydrogen) atoms. The molecule has 4 aromatic carbocycles. The predicted octanol–water partition coefficient (Wildman–Crippen LogP) is 8.61. The second kappa shape index (κ2) is 18.6. The molecule has 1 aliphatic heterocycles. The van der Waals surface area contributed by atoms with Crippen LogP contribution < -0.4 is 0 Å². The number of hydrogen-bond donors (Lipinski definition) is 1. The first-order valence-corrected chi connectivity index (χ1v) is 16.8. The fraction of sp³-hybridized carbons (Fsp3) is 0.154. The quantitative estimate of drug-likeness (QED) is 0.0576. The number of pyridine rings is 1. The van der Waals surface area contributed by atoms with Gasteiger partial charge in [0.2, 0.25) is 0 Å². The Morgan fingerprint density at radius 3 is 1.75 bits per heavy atom. The summed E-state index contributed by atoms with van der Waals surface area (Å²) in [6.45, 7) is 9.63. The van der Waals surface area contributed by atoms with E-state index in [0.29, 0.717) is 6.54 Å². The molecule has 12 heteroatoms. The molecule has 0 amide bonds. The van der Waals surface area contributed by atoms with Gasteiger partial charge in [0.05, 0.1) is 6.54 Å². The first-order chi connectivity index (χ1) is 23.7. The van der Waals surface area contributed by atoms with Crippen LogP contribution in [0.4, 0.5) is 13.2 Å². The van der Waals surface area contributed by atoms with Crippen molar-refractivity contribution < 1.29 is 53.3 Å². The topological polar surface area (TPSA) is 90.8 Å². The van der Waals surface area contributed by atoms with E-state index in [0.717, 1.165) is 34.6 Å². The van der Waals surface area contributed by atoms with E-state index in [1.807, 2.05) is 121 Å². The number of carbonyl (C=O) groups excluding carboxylic acids is 1. The third-order valence-corrected chi connectivity index (χ3v) is 7.95. The van der Waals surface area contributed by atoms with Crippen LogP contribution in [0.1, 0.15) is 32.6 Å². The predicted molar refractivity (Wildman–Crippen MR) is 187 cm³/mol. The monoisotopic (exact) mass is 895 g/mol. The summed E-state index contributed by atoms with van der Waals surface area (Å²) in [7, 11) is -5.84. The maximum absolute atomic E-state index is 12.3. The van der Waals surface area contributed by atoms with Crippen molar-refractivity contribution in [3.63, 3.8) is 0 Å². The summed E-state index contributed by atoms with van der Waals surface area (Å²) in [5.74, 6) is 0.126. The summed E-state index contributed by atoms with van der Waals surface area (Å²) in [6.07, 6.45) is 3.98. The molecule has 5 aromatic rings. The second-order valence-corrected chi connectivity index (χ2v) is 12.7. The van der Waals surface area contributed by atoms with E-state index in [9.17, 15) is 18.0 Å². The van der Waals surface area contributed by atoms with Gasteiger partial charge >= 0.3 is 38.0 Å². The van der Waals surface area contributed by atoms with E-state index >= 15 is 0 Å². The molecule has 0 fully saturated rings. The molecule has 1 aliphatic rings. The molecule has 0 aliphatic carbocycles. The van der Waals surface area contributed by atoms with Crippen molar-refractivity contribution in [3.05, 3.63) is 168 Å². The molecule has 0 saturated carbocycles. The van der Waals surface area contributed by atoms with Crippen molar-refractivity contribution >= 4 is 15.9 Å². The van der Waals surface area contributed by atoms with Crippen LogP contribution in [0.25, 0.3) is 22.5 Å². The summed E-state index contributed by atoms with van der Waals surface area (Å²) >= 11 is 0. The summed E-state index contributed by atoms with van der Waals surface area (Å²) in [5, 5.41) is 0. The van der Waals surface area contributed by atoms with Crippen LogP contribution in [0.3, 0.4) is 0 Å². The number of ketones is 1. The zero-order valence-corrected chi connectivity index (χ0v) is 30.9. The van der Waals surface area contributed by atoms with Crippen LogP contribution in [0, 0.1) is 39.6 Å². The van der Waals surface area contributed by atoms with E-state index in [2.05, 4.69) is 54.9 Å². The summed E-state index contributed by atoms with van der Waals surface area (Å²) in [6, 6.07) is 42.0. The Labute approximate surface area is 312 Å². The Bertz CT molecular complexity index is 1930. The summed E-state index contributed by atoms with van der Waals surface area (Å²) < 4.78 is 57.5. The Hall–Kier alpha value is -4.52. The largest absolute Gasteiger partial charge is 3.00 e. The number of alkyl halides is 3. The molecular weight excluding hydrogens is 860 g/mol. The van der Waals surface area contributed by atoms with Gasteiger partial charge in [-0.15, -0.1) is 71.8 Å². The average Bonchev–Trinajstić information content (AvgIpc) is 3.54. The molecule has 1 N–H and O–H groups in total. The van der Waals surface area contributed by atoms with Gasteiger partial charge in [0, 0.05) is 12.1 Å². The first-order valence-electron chi connectivity index (χ1n) is 15.4. The van der Waals surface area contributed by atoms with Crippen LogP contribution in [0.15, 0.2) is 122 Å². The van der Waals surface area contributed by atoms with Crippen LogP contribution in [0.2, 0.25) is 0 Å². The zero-order valence-electron chi connectivity index (χ0n) is 27.9. The molecule has 0 saturated heterocycles. The average molecular weight is 896 g/mol. The molecular formula is C39H35AuF3N3O4S. The molecule has 268 valence electrons. The minimum atomic E-state index is -5.84. The van der Waals surface area contributed by atoms with Gasteiger partial charge < -0.3 is 14.8 Å². The molecule has 2 heterocycles. The Morgan fingerprint density at radius 1 is 0.784 bits per heavy atom. The molecule has 6 rings (SSSR count). The zero-order chi connectivity index (χ0) is 36.3. The molecule has 0 spiro atoms. The molecule has 0 radical (unpaired) electrons. The first kappa shape index (κ1) is 40.9. The van der Waals surface area contributed by atoms with Gasteiger partial charge in [-0.25, -0.2) is 0 Å². The van der Waals surface area contributed by atoms with Gasteiger partial charge in [0.1, 0.15) is 0 Å². The van der Waals surface area contributed by atoms with Crippen molar-refractivity contribution in [2.24, 2.45) is 0 Å². The van der Waals surface area contributed by atoms with Gasteiger partial charge in [0.15, 0.2) is 5.78 Å². The van der Waals surface area contributed by atoms with Crippen molar-refractivity contribution in [1.82, 2.24) is 14.8 Å². The van der Waals surface area contributed by atoms with Crippen LogP contribution in [-0.2, 0) is 39.0 Å². The normalized spacial score (nSPS) is 12.2. The Kier molecular flexibility index (Phi) is 15.0. The molecule has 0 unspecified atom stereocenters. The third-order valence-electron chi connectivity index (χ3n) is 7.36. The Balaban J connectivity index is 0.000000229. The number of rotatable bonds is 7. The van der Waals surface area contributed by atoms with Crippen molar-refractivity contribution in [2.45, 2.75) is 32.8 Å². The van der Waals surface area contributed by atoms with E-state index < -0.39 is 15.6 Å². The number of carbonyl (C=O) groups is 1. The van der Waals surface area contributed by atoms with Gasteiger partial charge in [-0.05, 0) is 61.2 Å². The number of hydrogen-bond acceptors (Lipinski definition) is 6. The molecule has 0 bridgehead atoms. The minimum Gasteiger partial charge on any atom is -0.505 e. The van der Waals surface area contributed by atoms with Gasteiger partial charge in [-0.3, -0.25) is 9.35 Å². The second-order valence-electron chi connectivity index (χ2n) is 11.3. The van der Waals surface area contributed by atoms with Crippen molar-refractivity contribution in [1.29, 1.82) is 0 Å². The number of benzene rings is 4. The maximum Gasteiger partial charge on any atom is 3.00 e. The minimum absolute atomic E-state index is 0. The number of nitrogens with zero attached hydrogens (tertiary/aromatic N) is 3. The number of aromatic nitrogens is 1. The van der Waals surface area contributed by atoms with Crippen LogP contribution >= 0.6 is 0 Å². The fourth-order valence-electron chi connectivity index (χ4n) is 4.99. The standard InChI is InChI=1S/C21H23N2O.C17H11N.CHF3O3S.Au/c1-16-11-17(2)20(18(3)12-16)13-22-9-10-23(15-22)14-21(24)19-7-5-4-6-8-19;1-3-8-14(9-4-1)16-12-7-13-17(18-16)15-10-5-2-6-11-15;2-1(3,4)8(5,6)7;/h4-12,15H,13-14H2,1-3H3;1-8,10,12-13H;(H,5,6,7);/q-1;-2;;+3. The summed E-state index contributed by atoms with van der Waals surface area (Å²) in [5.41, 5.74) is 4.38. The van der Waals surface area contributed by atoms with Crippen molar-refractivity contribution in [3.8, 4) is 22.5 Å². The molecule has 1 aromatic heterocycles.